The highest BCUT2D eigenvalue weighted by Gasteiger charge is 2.69. The third-order valence-corrected chi connectivity index (χ3v) is 8.67. The van der Waals surface area contributed by atoms with Crippen LogP contribution in [0.25, 0.3) is 0 Å². The van der Waals surface area contributed by atoms with Crippen molar-refractivity contribution >= 4 is 17.5 Å². The Hall–Kier alpha value is -1.56. The van der Waals surface area contributed by atoms with Gasteiger partial charge >= 0.3 is 5.97 Å². The van der Waals surface area contributed by atoms with Crippen molar-refractivity contribution in [1.29, 1.82) is 0 Å². The van der Waals surface area contributed by atoms with Crippen molar-refractivity contribution in [3.05, 3.63) is 11.6 Å². The number of hydrogen-bond donors (Lipinski definition) is 1. The lowest BCUT2D eigenvalue weighted by molar-refractivity contribution is -0.225. The first-order valence-corrected chi connectivity index (χ1v) is 10.3. The summed E-state index contributed by atoms with van der Waals surface area (Å²) in [4.78, 5) is 37.2. The lowest BCUT2D eigenvalue weighted by atomic mass is 9.43. The van der Waals surface area contributed by atoms with Crippen molar-refractivity contribution in [3.8, 4) is 0 Å². The van der Waals surface area contributed by atoms with Gasteiger partial charge in [0.1, 0.15) is 23.3 Å². The van der Waals surface area contributed by atoms with E-state index in [4.69, 9.17) is 4.74 Å². The molecule has 0 radical (unpaired) electrons. The molecule has 0 heterocycles. The predicted octanol–water partition coefficient (Wildman–Crippen LogP) is 2.94. The lowest BCUT2D eigenvalue weighted by Gasteiger charge is -2.62. The zero-order valence-electron chi connectivity index (χ0n) is 16.8. The number of fused-ring (bicyclic) bond motifs is 5. The summed E-state index contributed by atoms with van der Waals surface area (Å²) < 4.78 is 20.1. The summed E-state index contributed by atoms with van der Waals surface area (Å²) in [6, 6.07) is 0. The fourth-order valence-corrected chi connectivity index (χ4v) is 7.13. The van der Waals surface area contributed by atoms with Gasteiger partial charge in [0.25, 0.3) is 0 Å². The van der Waals surface area contributed by atoms with E-state index in [2.05, 4.69) is 0 Å². The van der Waals surface area contributed by atoms with Gasteiger partial charge in [-0.1, -0.05) is 19.4 Å². The van der Waals surface area contributed by atoms with Gasteiger partial charge in [0.15, 0.2) is 0 Å². The maximum absolute atomic E-state index is 15.4. The fourth-order valence-electron chi connectivity index (χ4n) is 7.13. The van der Waals surface area contributed by atoms with Gasteiger partial charge in [-0.2, -0.15) is 0 Å². The van der Waals surface area contributed by atoms with Crippen LogP contribution in [0, 0.1) is 28.6 Å². The van der Waals surface area contributed by atoms with Crippen LogP contribution in [-0.4, -0.2) is 41.5 Å². The number of methoxy groups -OCH3 is 1. The van der Waals surface area contributed by atoms with Gasteiger partial charge in [-0.15, -0.1) is 0 Å². The monoisotopic (exact) mass is 392 g/mol. The van der Waals surface area contributed by atoms with Crippen LogP contribution < -0.4 is 0 Å². The van der Waals surface area contributed by atoms with Crippen LogP contribution in [-0.2, 0) is 19.1 Å². The normalized spacial score (nSPS) is 49.4. The number of alkyl halides is 1. The second kappa shape index (κ2) is 6.22. The van der Waals surface area contributed by atoms with Gasteiger partial charge in [-0.3, -0.25) is 9.59 Å². The van der Waals surface area contributed by atoms with Gasteiger partial charge in [0.2, 0.25) is 0 Å². The SMILES string of the molecule is COC(=O)/C=C1\CC[C@H]2[C@@H]3C[C@@H](F)[C@@]4(O)CC(=O)CC[C@]4(C)[C@H]3C(=O)C[C@]12C. The number of carbonyl (C=O) groups is 3. The molecule has 6 heteroatoms. The first-order chi connectivity index (χ1) is 13.1. The standard InChI is InChI=1S/C22H29FO5/c1-20-11-16(25)19-14(15(20)5-4-12(20)8-18(26)28-3)9-17(23)22(27)10-13(24)6-7-21(19,22)2/h8,14-15,17,19,27H,4-7,9-11H2,1-3H3/b12-8+/t14-,15-,17+,19+,20+,21+,22-/m0/s1. The summed E-state index contributed by atoms with van der Waals surface area (Å²) in [6.07, 6.45) is 2.31. The smallest absolute Gasteiger partial charge is 0.330 e. The second-order valence-electron chi connectivity index (χ2n) is 9.80. The number of carbonyl (C=O) groups excluding carboxylic acids is 3. The van der Waals surface area contributed by atoms with Crippen molar-refractivity contribution in [2.24, 2.45) is 28.6 Å². The highest BCUT2D eigenvalue weighted by molar-refractivity contribution is 5.88. The van der Waals surface area contributed by atoms with E-state index < -0.39 is 34.5 Å². The van der Waals surface area contributed by atoms with E-state index in [1.807, 2.05) is 13.8 Å². The molecule has 0 bridgehead atoms. The van der Waals surface area contributed by atoms with Gasteiger partial charge in [0.05, 0.1) is 7.11 Å². The van der Waals surface area contributed by atoms with Gasteiger partial charge in [-0.25, -0.2) is 9.18 Å². The molecule has 7 atom stereocenters. The van der Waals surface area contributed by atoms with Crippen LogP contribution >= 0.6 is 0 Å². The molecule has 4 fully saturated rings. The fraction of sp³-hybridized carbons (Fsp3) is 0.773. The number of hydrogen-bond acceptors (Lipinski definition) is 5. The maximum Gasteiger partial charge on any atom is 0.330 e. The Morgan fingerprint density at radius 2 is 1.96 bits per heavy atom. The Labute approximate surface area is 164 Å². The van der Waals surface area contributed by atoms with Crippen LogP contribution in [0.2, 0.25) is 0 Å². The van der Waals surface area contributed by atoms with Crippen molar-refractivity contribution in [1.82, 2.24) is 0 Å². The predicted molar refractivity (Wildman–Crippen MR) is 99.0 cm³/mol. The molecule has 0 aliphatic heterocycles. The molecule has 0 spiro atoms. The molecule has 0 aromatic heterocycles. The molecule has 0 saturated heterocycles. The van der Waals surface area contributed by atoms with Crippen molar-refractivity contribution < 1.29 is 28.6 Å². The summed E-state index contributed by atoms with van der Waals surface area (Å²) in [5, 5.41) is 11.2. The Morgan fingerprint density at radius 1 is 1.25 bits per heavy atom. The van der Waals surface area contributed by atoms with E-state index in [1.165, 1.54) is 13.2 Å². The molecule has 4 aliphatic carbocycles. The molecule has 1 N–H and O–H groups in total. The minimum Gasteiger partial charge on any atom is -0.466 e. The quantitative estimate of drug-likeness (QED) is 0.548. The number of ether oxygens (including phenoxy) is 1. The van der Waals surface area contributed by atoms with Crippen molar-refractivity contribution in [3.63, 3.8) is 0 Å². The molecule has 4 aliphatic rings. The molecular formula is C22H29FO5. The number of ketones is 2. The van der Waals surface area contributed by atoms with Gasteiger partial charge in [0, 0.05) is 36.7 Å². The molecule has 154 valence electrons. The van der Waals surface area contributed by atoms with E-state index >= 15 is 4.39 Å². The molecule has 5 nitrogen and oxygen atoms in total. The Balaban J connectivity index is 1.75. The highest BCUT2D eigenvalue weighted by Crippen LogP contribution is 2.67. The van der Waals surface area contributed by atoms with Crippen molar-refractivity contribution in [2.75, 3.05) is 7.11 Å². The average Bonchev–Trinajstić information content (AvgIpc) is 2.93. The zero-order valence-corrected chi connectivity index (χ0v) is 16.8. The van der Waals surface area contributed by atoms with E-state index in [9.17, 15) is 19.5 Å². The molecule has 0 amide bonds. The summed E-state index contributed by atoms with van der Waals surface area (Å²) in [6.45, 7) is 3.82. The molecular weight excluding hydrogens is 363 g/mol. The molecule has 0 aromatic rings. The largest absolute Gasteiger partial charge is 0.466 e. The number of aliphatic hydroxyl groups is 1. The zero-order chi connectivity index (χ0) is 20.5. The van der Waals surface area contributed by atoms with E-state index in [0.717, 1.165) is 12.0 Å². The molecule has 0 aromatic carbocycles. The summed E-state index contributed by atoms with van der Waals surface area (Å²) in [7, 11) is 1.33. The topological polar surface area (TPSA) is 80.7 Å². The Morgan fingerprint density at radius 3 is 2.64 bits per heavy atom. The molecule has 28 heavy (non-hydrogen) atoms. The minimum atomic E-state index is -1.75. The number of esters is 1. The number of allylic oxidation sites excluding steroid dienone is 1. The summed E-state index contributed by atoms with van der Waals surface area (Å²) in [5.41, 5.74) is -2.23. The van der Waals surface area contributed by atoms with E-state index in [-0.39, 0.29) is 49.1 Å². The summed E-state index contributed by atoms with van der Waals surface area (Å²) >= 11 is 0. The third kappa shape index (κ3) is 2.42. The Bertz CT molecular complexity index is 775. The number of halogens is 1. The van der Waals surface area contributed by atoms with Gasteiger partial charge in [-0.05, 0) is 42.9 Å². The highest BCUT2D eigenvalue weighted by atomic mass is 19.1. The van der Waals surface area contributed by atoms with Crippen LogP contribution in [0.15, 0.2) is 11.6 Å². The van der Waals surface area contributed by atoms with Crippen LogP contribution in [0.3, 0.4) is 0 Å². The van der Waals surface area contributed by atoms with Crippen molar-refractivity contribution in [2.45, 2.75) is 70.6 Å². The second-order valence-corrected chi connectivity index (χ2v) is 9.80. The lowest BCUT2D eigenvalue weighted by Crippen LogP contribution is -2.69. The average molecular weight is 392 g/mol. The molecule has 4 saturated carbocycles. The summed E-state index contributed by atoms with van der Waals surface area (Å²) in [5.74, 6) is -1.05. The Kier molecular flexibility index (Phi) is 4.38. The minimum absolute atomic E-state index is 0.0311. The van der Waals surface area contributed by atoms with E-state index in [1.54, 1.807) is 0 Å². The van der Waals surface area contributed by atoms with E-state index in [0.29, 0.717) is 12.8 Å². The number of Topliss-reactive ketones (excluding diaryl/α,β-unsaturated/α-hetero) is 2. The molecule has 4 rings (SSSR count). The maximum atomic E-state index is 15.4. The first kappa shape index (κ1) is 19.7. The number of rotatable bonds is 1. The third-order valence-electron chi connectivity index (χ3n) is 8.67. The van der Waals surface area contributed by atoms with Crippen LogP contribution in [0.1, 0.15) is 58.8 Å². The van der Waals surface area contributed by atoms with Crippen LogP contribution in [0.5, 0.6) is 0 Å². The van der Waals surface area contributed by atoms with Gasteiger partial charge < -0.3 is 9.84 Å². The first-order valence-electron chi connectivity index (χ1n) is 10.3. The van der Waals surface area contributed by atoms with Crippen LogP contribution in [0.4, 0.5) is 4.39 Å². The molecule has 0 unspecified atom stereocenters.